The molecule has 30 heavy (non-hydrogen) atoms. The highest BCUT2D eigenvalue weighted by Gasteiger charge is 2.24. The Bertz CT molecular complexity index is 887. The van der Waals surface area contributed by atoms with Crippen molar-refractivity contribution in [3.8, 4) is 0 Å². The molecule has 0 bridgehead atoms. The van der Waals surface area contributed by atoms with E-state index in [1.807, 2.05) is 53.4 Å². The monoisotopic (exact) mass is 404 g/mol. The largest absolute Gasteiger partial charge is 0.339 e. The molecule has 3 rings (SSSR count). The van der Waals surface area contributed by atoms with E-state index >= 15 is 0 Å². The van der Waals surface area contributed by atoms with Crippen molar-refractivity contribution in [1.29, 1.82) is 5.41 Å². The van der Waals surface area contributed by atoms with Crippen LogP contribution in [0.15, 0.2) is 59.6 Å². The summed E-state index contributed by atoms with van der Waals surface area (Å²) in [6.07, 6.45) is 6.61. The van der Waals surface area contributed by atoms with E-state index in [0.717, 1.165) is 30.6 Å². The number of carbonyl (C=O) groups is 2. The number of hydrogen-bond donors (Lipinski definition) is 2. The first-order valence-corrected chi connectivity index (χ1v) is 10.4. The molecule has 0 atom stereocenters. The van der Waals surface area contributed by atoms with Crippen molar-refractivity contribution in [2.24, 2.45) is 10.9 Å². The fourth-order valence-electron chi connectivity index (χ4n) is 3.62. The highest BCUT2D eigenvalue weighted by Crippen LogP contribution is 2.24. The molecule has 1 heterocycles. The van der Waals surface area contributed by atoms with Crippen molar-refractivity contribution in [1.82, 2.24) is 4.90 Å². The van der Waals surface area contributed by atoms with Crippen molar-refractivity contribution in [2.75, 3.05) is 18.4 Å². The van der Waals surface area contributed by atoms with E-state index in [2.05, 4.69) is 10.3 Å². The summed E-state index contributed by atoms with van der Waals surface area (Å²) >= 11 is 0. The first-order chi connectivity index (χ1) is 14.7. The third-order valence-electron chi connectivity index (χ3n) is 5.30. The summed E-state index contributed by atoms with van der Waals surface area (Å²) in [5, 5.41) is 9.96. The number of rotatable bonds is 8. The smallest absolute Gasteiger partial charge is 0.253 e. The summed E-state index contributed by atoms with van der Waals surface area (Å²) in [5.41, 5.74) is 2.19. The molecule has 156 valence electrons. The van der Waals surface area contributed by atoms with Gasteiger partial charge in [0.15, 0.2) is 0 Å². The molecule has 0 unspecified atom stereocenters. The SMILES string of the molecule is N=CCC=Nc1cccc(C(=O)N2CCC(CCC(=O)Nc3ccccc3)CC2)c1. The topological polar surface area (TPSA) is 85.6 Å². The molecule has 1 saturated heterocycles. The normalized spacial score (nSPS) is 14.6. The molecular formula is C24H28N4O2. The van der Waals surface area contributed by atoms with Gasteiger partial charge in [0.25, 0.3) is 5.91 Å². The van der Waals surface area contributed by atoms with Crippen LogP contribution < -0.4 is 5.32 Å². The number of nitrogens with one attached hydrogen (secondary N) is 2. The number of piperidine rings is 1. The van der Waals surface area contributed by atoms with E-state index in [9.17, 15) is 9.59 Å². The number of carbonyl (C=O) groups excluding carboxylic acids is 2. The summed E-state index contributed by atoms with van der Waals surface area (Å²) in [6, 6.07) is 16.8. The molecule has 2 N–H and O–H groups in total. The second-order valence-corrected chi connectivity index (χ2v) is 7.49. The maximum Gasteiger partial charge on any atom is 0.253 e. The van der Waals surface area contributed by atoms with Gasteiger partial charge in [0.2, 0.25) is 5.91 Å². The van der Waals surface area contributed by atoms with Crippen LogP contribution >= 0.6 is 0 Å². The van der Waals surface area contributed by atoms with Crippen LogP contribution in [-0.4, -0.2) is 42.2 Å². The van der Waals surface area contributed by atoms with Gasteiger partial charge in [-0.25, -0.2) is 0 Å². The van der Waals surface area contributed by atoms with Crippen LogP contribution in [0.25, 0.3) is 0 Å². The summed E-state index contributed by atoms with van der Waals surface area (Å²) < 4.78 is 0. The zero-order valence-electron chi connectivity index (χ0n) is 17.1. The molecule has 6 heteroatoms. The number of hydrogen-bond acceptors (Lipinski definition) is 4. The molecule has 1 aliphatic rings. The minimum absolute atomic E-state index is 0.0272. The van der Waals surface area contributed by atoms with Crippen LogP contribution in [-0.2, 0) is 4.79 Å². The average molecular weight is 405 g/mol. The molecule has 2 aromatic carbocycles. The Labute approximate surface area is 177 Å². The van der Waals surface area contributed by atoms with E-state index < -0.39 is 0 Å². The van der Waals surface area contributed by atoms with Crippen molar-refractivity contribution < 1.29 is 9.59 Å². The first kappa shape index (κ1) is 21.4. The minimum Gasteiger partial charge on any atom is -0.339 e. The zero-order chi connectivity index (χ0) is 21.2. The summed E-state index contributed by atoms with van der Waals surface area (Å²) in [4.78, 5) is 31.1. The molecule has 0 saturated carbocycles. The summed E-state index contributed by atoms with van der Waals surface area (Å²) in [6.45, 7) is 1.43. The quantitative estimate of drug-likeness (QED) is 0.625. The zero-order valence-corrected chi connectivity index (χ0v) is 17.1. The van der Waals surface area contributed by atoms with Crippen LogP contribution in [0.5, 0.6) is 0 Å². The van der Waals surface area contributed by atoms with Gasteiger partial charge in [-0.05, 0) is 55.5 Å². The van der Waals surface area contributed by atoms with Gasteiger partial charge in [0.05, 0.1) is 5.69 Å². The third kappa shape index (κ3) is 6.37. The fraction of sp³-hybridized carbons (Fsp3) is 0.333. The van der Waals surface area contributed by atoms with Gasteiger partial charge in [0, 0.05) is 49.6 Å². The van der Waals surface area contributed by atoms with Gasteiger partial charge in [0.1, 0.15) is 0 Å². The van der Waals surface area contributed by atoms with Gasteiger partial charge in [-0.3, -0.25) is 14.6 Å². The van der Waals surface area contributed by atoms with Gasteiger partial charge >= 0.3 is 0 Å². The number of likely N-dealkylation sites (tertiary alicyclic amines) is 1. The number of amides is 2. The average Bonchev–Trinajstić information content (AvgIpc) is 2.79. The van der Waals surface area contributed by atoms with E-state index in [1.54, 1.807) is 12.3 Å². The predicted molar refractivity (Wildman–Crippen MR) is 121 cm³/mol. The molecule has 2 aromatic rings. The lowest BCUT2D eigenvalue weighted by Gasteiger charge is -2.32. The molecule has 0 spiro atoms. The summed E-state index contributed by atoms with van der Waals surface area (Å²) in [5.74, 6) is 0.534. The lowest BCUT2D eigenvalue weighted by molar-refractivity contribution is -0.116. The molecule has 0 aliphatic carbocycles. The standard InChI is InChI=1S/C24H28N4O2/c25-14-5-15-26-22-9-4-6-20(18-22)24(30)28-16-12-19(13-17-28)10-11-23(29)27-21-7-2-1-3-8-21/h1-4,6-9,14-15,18-19,25H,5,10-13,16-17H2,(H,27,29). The number of nitrogens with zero attached hydrogens (tertiary/aromatic N) is 2. The van der Waals surface area contributed by atoms with Crippen LogP contribution in [0, 0.1) is 11.3 Å². The number of aliphatic imine (C=N–C) groups is 1. The Morgan fingerprint density at radius 1 is 1.10 bits per heavy atom. The molecule has 1 aliphatic heterocycles. The third-order valence-corrected chi connectivity index (χ3v) is 5.30. The Kier molecular flexibility index (Phi) is 7.89. The predicted octanol–water partition coefficient (Wildman–Crippen LogP) is 4.70. The second kappa shape index (κ2) is 11.0. The van der Waals surface area contributed by atoms with Gasteiger partial charge in [-0.2, -0.15) is 0 Å². The van der Waals surface area contributed by atoms with E-state index in [-0.39, 0.29) is 11.8 Å². The van der Waals surface area contributed by atoms with Gasteiger partial charge in [-0.1, -0.05) is 24.3 Å². The van der Waals surface area contributed by atoms with Crippen LogP contribution in [0.1, 0.15) is 42.5 Å². The van der Waals surface area contributed by atoms with Crippen molar-refractivity contribution in [3.63, 3.8) is 0 Å². The van der Waals surface area contributed by atoms with Crippen LogP contribution in [0.2, 0.25) is 0 Å². The molecule has 6 nitrogen and oxygen atoms in total. The van der Waals surface area contributed by atoms with E-state index in [0.29, 0.717) is 37.4 Å². The molecule has 2 amide bonds. The van der Waals surface area contributed by atoms with Crippen molar-refractivity contribution >= 4 is 35.6 Å². The Morgan fingerprint density at radius 3 is 2.60 bits per heavy atom. The van der Waals surface area contributed by atoms with Crippen molar-refractivity contribution in [2.45, 2.75) is 32.1 Å². The molecule has 0 aromatic heterocycles. The second-order valence-electron chi connectivity index (χ2n) is 7.49. The maximum absolute atomic E-state index is 12.8. The van der Waals surface area contributed by atoms with Crippen LogP contribution in [0.3, 0.4) is 0 Å². The lowest BCUT2D eigenvalue weighted by Crippen LogP contribution is -2.38. The fourth-order valence-corrected chi connectivity index (χ4v) is 3.62. The maximum atomic E-state index is 12.8. The van der Waals surface area contributed by atoms with Crippen molar-refractivity contribution in [3.05, 3.63) is 60.2 Å². The lowest BCUT2D eigenvalue weighted by atomic mass is 9.91. The van der Waals surface area contributed by atoms with Crippen LogP contribution in [0.4, 0.5) is 11.4 Å². The minimum atomic E-state index is 0.0272. The summed E-state index contributed by atoms with van der Waals surface area (Å²) in [7, 11) is 0. The highest BCUT2D eigenvalue weighted by atomic mass is 16.2. The number of para-hydroxylation sites is 1. The van der Waals surface area contributed by atoms with Gasteiger partial charge < -0.3 is 15.6 Å². The van der Waals surface area contributed by atoms with E-state index in [1.165, 1.54) is 6.21 Å². The highest BCUT2D eigenvalue weighted by molar-refractivity contribution is 5.95. The Hall–Kier alpha value is -3.28. The number of anilines is 1. The Balaban J connectivity index is 1.44. The Morgan fingerprint density at radius 2 is 1.87 bits per heavy atom. The first-order valence-electron chi connectivity index (χ1n) is 10.4. The van der Waals surface area contributed by atoms with E-state index in [4.69, 9.17) is 5.41 Å². The molecule has 1 fully saturated rings. The number of benzene rings is 2. The van der Waals surface area contributed by atoms with Gasteiger partial charge in [-0.15, -0.1) is 0 Å². The molecular weight excluding hydrogens is 376 g/mol. The molecule has 0 radical (unpaired) electrons.